The molecule has 0 radical (unpaired) electrons. The molecule has 110 valence electrons. The van der Waals surface area contributed by atoms with Crippen LogP contribution < -0.4 is 11.1 Å². The number of rotatable bonds is 6. The van der Waals surface area contributed by atoms with Crippen molar-refractivity contribution < 1.29 is 9.90 Å². The van der Waals surface area contributed by atoms with Crippen molar-refractivity contribution in [2.45, 2.75) is 39.2 Å². The molecule has 1 aromatic carbocycles. The molecule has 1 aliphatic rings. The average Bonchev–Trinajstić information content (AvgIpc) is 3.20. The Kier molecular flexibility index (Phi) is 4.33. The van der Waals surface area contributed by atoms with Gasteiger partial charge < -0.3 is 16.2 Å². The van der Waals surface area contributed by atoms with E-state index in [1.165, 1.54) is 12.8 Å². The number of hydrogen-bond donors (Lipinski definition) is 3. The molecule has 0 saturated heterocycles. The highest BCUT2D eigenvalue weighted by molar-refractivity contribution is 5.81. The Morgan fingerprint density at radius 3 is 2.45 bits per heavy atom. The summed E-state index contributed by atoms with van der Waals surface area (Å²) < 4.78 is 0. The lowest BCUT2D eigenvalue weighted by molar-refractivity contribution is -0.122. The number of hydrogen-bond acceptors (Lipinski definition) is 3. The number of carbonyl (C=O) groups excluding carboxylic acids is 1. The lowest BCUT2D eigenvalue weighted by Crippen LogP contribution is -2.44. The van der Waals surface area contributed by atoms with E-state index >= 15 is 0 Å². The van der Waals surface area contributed by atoms with E-state index in [2.05, 4.69) is 19.2 Å². The van der Waals surface area contributed by atoms with Gasteiger partial charge in [0.2, 0.25) is 5.91 Å². The van der Waals surface area contributed by atoms with Gasteiger partial charge in [-0.1, -0.05) is 26.0 Å². The number of nitrogens with two attached hydrogens (primary N) is 1. The maximum absolute atomic E-state index is 12.0. The minimum absolute atomic E-state index is 0.0926. The molecule has 4 heteroatoms. The van der Waals surface area contributed by atoms with E-state index < -0.39 is 6.04 Å². The zero-order chi connectivity index (χ0) is 14.8. The van der Waals surface area contributed by atoms with Gasteiger partial charge >= 0.3 is 0 Å². The van der Waals surface area contributed by atoms with Gasteiger partial charge in [-0.15, -0.1) is 0 Å². The van der Waals surface area contributed by atoms with E-state index in [0.717, 1.165) is 12.1 Å². The zero-order valence-corrected chi connectivity index (χ0v) is 12.2. The van der Waals surface area contributed by atoms with E-state index in [1.807, 2.05) is 0 Å². The molecular weight excluding hydrogens is 252 g/mol. The van der Waals surface area contributed by atoms with Crippen molar-refractivity contribution >= 4 is 5.91 Å². The highest BCUT2D eigenvalue weighted by atomic mass is 16.3. The number of phenols is 1. The standard InChI is InChI=1S/C16H24N2O2/c1-11(2)16(7-8-16)10-18-15(20)14(17)9-12-3-5-13(19)6-4-12/h3-6,11,14,19H,7-10,17H2,1-2H3,(H,18,20)/t14-/m1/s1. The molecule has 4 nitrogen and oxygen atoms in total. The Morgan fingerprint density at radius 1 is 1.35 bits per heavy atom. The summed E-state index contributed by atoms with van der Waals surface area (Å²) in [5, 5.41) is 12.2. The van der Waals surface area contributed by atoms with Crippen LogP contribution in [-0.4, -0.2) is 23.6 Å². The Hall–Kier alpha value is -1.55. The summed E-state index contributed by atoms with van der Waals surface area (Å²) in [6.07, 6.45) is 2.87. The van der Waals surface area contributed by atoms with Crippen molar-refractivity contribution in [3.63, 3.8) is 0 Å². The second kappa shape index (κ2) is 5.83. The van der Waals surface area contributed by atoms with Crippen molar-refractivity contribution in [3.05, 3.63) is 29.8 Å². The minimum atomic E-state index is -0.539. The van der Waals surface area contributed by atoms with Gasteiger partial charge in [0, 0.05) is 6.54 Å². The summed E-state index contributed by atoms with van der Waals surface area (Å²) >= 11 is 0. The lowest BCUT2D eigenvalue weighted by Gasteiger charge is -2.21. The van der Waals surface area contributed by atoms with Crippen LogP contribution in [0.1, 0.15) is 32.3 Å². The molecule has 0 aromatic heterocycles. The molecule has 1 amide bonds. The van der Waals surface area contributed by atoms with Gasteiger partial charge in [0.15, 0.2) is 0 Å². The SMILES string of the molecule is CC(C)C1(CNC(=O)[C@H](N)Cc2ccc(O)cc2)CC1. The van der Waals surface area contributed by atoms with E-state index in [1.54, 1.807) is 24.3 Å². The van der Waals surface area contributed by atoms with Crippen molar-refractivity contribution in [3.8, 4) is 5.75 Å². The van der Waals surface area contributed by atoms with Gasteiger partial charge in [-0.25, -0.2) is 0 Å². The molecule has 2 rings (SSSR count). The molecule has 1 aromatic rings. The largest absolute Gasteiger partial charge is 0.508 e. The first kappa shape index (κ1) is 14.9. The fraction of sp³-hybridized carbons (Fsp3) is 0.562. The van der Waals surface area contributed by atoms with E-state index in [-0.39, 0.29) is 11.7 Å². The first-order chi connectivity index (χ1) is 9.43. The Morgan fingerprint density at radius 2 is 1.95 bits per heavy atom. The molecule has 0 heterocycles. The molecule has 1 fully saturated rings. The first-order valence-electron chi connectivity index (χ1n) is 7.24. The summed E-state index contributed by atoms with van der Waals surface area (Å²) in [5.74, 6) is 0.723. The Labute approximate surface area is 120 Å². The number of phenolic OH excluding ortho intramolecular Hbond substituents is 1. The van der Waals surface area contributed by atoms with E-state index in [4.69, 9.17) is 5.73 Å². The Balaban J connectivity index is 1.82. The van der Waals surface area contributed by atoms with Crippen LogP contribution in [-0.2, 0) is 11.2 Å². The summed E-state index contributed by atoms with van der Waals surface area (Å²) in [5.41, 5.74) is 7.19. The average molecular weight is 276 g/mol. The van der Waals surface area contributed by atoms with Crippen molar-refractivity contribution in [1.82, 2.24) is 5.32 Å². The topological polar surface area (TPSA) is 75.4 Å². The van der Waals surface area contributed by atoms with E-state index in [0.29, 0.717) is 17.8 Å². The van der Waals surface area contributed by atoms with Gasteiger partial charge in [-0.2, -0.15) is 0 Å². The monoisotopic (exact) mass is 276 g/mol. The molecule has 20 heavy (non-hydrogen) atoms. The molecule has 1 saturated carbocycles. The van der Waals surface area contributed by atoms with Crippen LogP contribution in [0.4, 0.5) is 0 Å². The zero-order valence-electron chi connectivity index (χ0n) is 12.2. The molecule has 1 aliphatic carbocycles. The summed E-state index contributed by atoms with van der Waals surface area (Å²) in [7, 11) is 0. The highest BCUT2D eigenvalue weighted by Crippen LogP contribution is 2.51. The number of carbonyl (C=O) groups is 1. The van der Waals surface area contributed by atoms with Crippen LogP contribution in [0.25, 0.3) is 0 Å². The molecule has 0 bridgehead atoms. The summed E-state index contributed by atoms with van der Waals surface area (Å²) in [6.45, 7) is 5.14. The van der Waals surface area contributed by atoms with Gasteiger partial charge in [-0.05, 0) is 48.3 Å². The van der Waals surface area contributed by atoms with Crippen LogP contribution >= 0.6 is 0 Å². The van der Waals surface area contributed by atoms with Gasteiger partial charge in [0.25, 0.3) is 0 Å². The number of amides is 1. The summed E-state index contributed by atoms with van der Waals surface area (Å²) in [4.78, 5) is 12.0. The number of nitrogens with one attached hydrogen (secondary N) is 1. The van der Waals surface area contributed by atoms with Crippen LogP contribution in [0.5, 0.6) is 5.75 Å². The maximum atomic E-state index is 12.0. The van der Waals surface area contributed by atoms with Crippen LogP contribution in [0.15, 0.2) is 24.3 Å². The third-order valence-corrected chi connectivity index (χ3v) is 4.46. The Bertz CT molecular complexity index is 464. The van der Waals surface area contributed by atoms with Crippen LogP contribution in [0.2, 0.25) is 0 Å². The first-order valence-corrected chi connectivity index (χ1v) is 7.24. The fourth-order valence-corrected chi connectivity index (χ4v) is 2.49. The molecule has 0 unspecified atom stereocenters. The van der Waals surface area contributed by atoms with Crippen LogP contribution in [0, 0.1) is 11.3 Å². The van der Waals surface area contributed by atoms with Crippen molar-refractivity contribution in [2.75, 3.05) is 6.54 Å². The quantitative estimate of drug-likeness (QED) is 0.742. The van der Waals surface area contributed by atoms with E-state index in [9.17, 15) is 9.90 Å². The normalized spacial score (nSPS) is 17.8. The van der Waals surface area contributed by atoms with Crippen molar-refractivity contribution in [1.29, 1.82) is 0 Å². The third-order valence-electron chi connectivity index (χ3n) is 4.46. The lowest BCUT2D eigenvalue weighted by atomic mass is 9.92. The van der Waals surface area contributed by atoms with Crippen molar-refractivity contribution in [2.24, 2.45) is 17.1 Å². The molecule has 0 spiro atoms. The second-order valence-corrected chi connectivity index (χ2v) is 6.21. The predicted octanol–water partition coefficient (Wildman–Crippen LogP) is 1.81. The third kappa shape index (κ3) is 3.51. The highest BCUT2D eigenvalue weighted by Gasteiger charge is 2.45. The number of benzene rings is 1. The molecule has 1 atom stereocenters. The van der Waals surface area contributed by atoms with Gasteiger partial charge in [-0.3, -0.25) is 4.79 Å². The second-order valence-electron chi connectivity index (χ2n) is 6.21. The smallest absolute Gasteiger partial charge is 0.237 e. The molecular formula is C16H24N2O2. The van der Waals surface area contributed by atoms with Crippen LogP contribution in [0.3, 0.4) is 0 Å². The summed E-state index contributed by atoms with van der Waals surface area (Å²) in [6, 6.07) is 6.26. The van der Waals surface area contributed by atoms with Gasteiger partial charge in [0.1, 0.15) is 5.75 Å². The predicted molar refractivity (Wildman–Crippen MR) is 79.3 cm³/mol. The minimum Gasteiger partial charge on any atom is -0.508 e. The fourth-order valence-electron chi connectivity index (χ4n) is 2.49. The maximum Gasteiger partial charge on any atom is 0.237 e. The molecule has 4 N–H and O–H groups in total. The number of aromatic hydroxyl groups is 1. The molecule has 0 aliphatic heterocycles. The van der Waals surface area contributed by atoms with Gasteiger partial charge in [0.05, 0.1) is 6.04 Å².